The Balaban J connectivity index is 2.14. The van der Waals surface area contributed by atoms with Gasteiger partial charge in [0.05, 0.1) is 24.7 Å². The maximum atomic E-state index is 11.7. The minimum atomic E-state index is -2.83. The van der Waals surface area contributed by atoms with Crippen LogP contribution in [0.1, 0.15) is 12.8 Å². The molecule has 2 saturated heterocycles. The second-order valence-electron chi connectivity index (χ2n) is 4.97. The minimum Gasteiger partial charge on any atom is -0.380 e. The SMILES string of the molecule is O=S1(=O)C[C@]23CC=CC[C@@]2(COC3)C1. The molecule has 0 radical (unpaired) electrons. The summed E-state index contributed by atoms with van der Waals surface area (Å²) >= 11 is 0. The van der Waals surface area contributed by atoms with Gasteiger partial charge in [0, 0.05) is 10.8 Å². The zero-order chi connectivity index (χ0) is 9.86. The smallest absolute Gasteiger partial charge is 0.151 e. The molecule has 0 aromatic rings. The Kier molecular flexibility index (Phi) is 1.54. The van der Waals surface area contributed by atoms with E-state index in [2.05, 4.69) is 12.2 Å². The van der Waals surface area contributed by atoms with Crippen molar-refractivity contribution in [3.8, 4) is 0 Å². The van der Waals surface area contributed by atoms with Crippen molar-refractivity contribution in [2.45, 2.75) is 12.8 Å². The first kappa shape index (κ1) is 8.92. The average molecular weight is 214 g/mol. The number of rotatable bonds is 0. The third-order valence-electron chi connectivity index (χ3n) is 4.06. The molecule has 2 aliphatic heterocycles. The molecule has 3 aliphatic rings. The Labute approximate surface area is 84.1 Å². The second kappa shape index (κ2) is 2.42. The predicted octanol–water partition coefficient (Wildman–Crippen LogP) is 0.768. The Morgan fingerprint density at radius 1 is 1.00 bits per heavy atom. The third kappa shape index (κ3) is 0.932. The molecule has 1 aliphatic carbocycles. The lowest BCUT2D eigenvalue weighted by atomic mass is 9.62. The molecule has 0 aromatic carbocycles. The lowest BCUT2D eigenvalue weighted by Crippen LogP contribution is -2.40. The molecule has 0 N–H and O–H groups in total. The van der Waals surface area contributed by atoms with Crippen LogP contribution in [0.3, 0.4) is 0 Å². The standard InChI is InChI=1S/C10H14O3S/c11-14(12)7-9-3-1-2-4-10(9,8-14)6-13-5-9/h1-2H,3-8H2/t9-,10-/m1/s1. The first-order chi connectivity index (χ1) is 6.58. The summed E-state index contributed by atoms with van der Waals surface area (Å²) in [5, 5.41) is 0. The quantitative estimate of drug-likeness (QED) is 0.559. The highest BCUT2D eigenvalue weighted by Crippen LogP contribution is 2.58. The molecule has 4 heteroatoms. The Morgan fingerprint density at radius 2 is 1.50 bits per heavy atom. The van der Waals surface area contributed by atoms with Gasteiger partial charge in [0.1, 0.15) is 0 Å². The number of hydrogen-bond donors (Lipinski definition) is 0. The van der Waals surface area contributed by atoms with Gasteiger partial charge in [0.15, 0.2) is 9.84 Å². The van der Waals surface area contributed by atoms with Crippen molar-refractivity contribution in [1.82, 2.24) is 0 Å². The van der Waals surface area contributed by atoms with Crippen LogP contribution >= 0.6 is 0 Å². The third-order valence-corrected chi connectivity index (χ3v) is 6.04. The van der Waals surface area contributed by atoms with Crippen molar-refractivity contribution >= 4 is 9.84 Å². The van der Waals surface area contributed by atoms with Gasteiger partial charge in [-0.2, -0.15) is 0 Å². The van der Waals surface area contributed by atoms with Gasteiger partial charge in [-0.1, -0.05) is 12.2 Å². The molecule has 2 atom stereocenters. The monoisotopic (exact) mass is 214 g/mol. The fraction of sp³-hybridized carbons (Fsp3) is 0.800. The highest BCUT2D eigenvalue weighted by Gasteiger charge is 2.63. The fourth-order valence-electron chi connectivity index (χ4n) is 3.32. The molecule has 3 nitrogen and oxygen atoms in total. The summed E-state index contributed by atoms with van der Waals surface area (Å²) in [6, 6.07) is 0. The Morgan fingerprint density at radius 3 is 2.00 bits per heavy atom. The normalized spacial score (nSPS) is 48.9. The summed E-state index contributed by atoms with van der Waals surface area (Å²) in [7, 11) is -2.83. The molecular formula is C10H14O3S. The first-order valence-electron chi connectivity index (χ1n) is 5.01. The first-order valence-corrected chi connectivity index (χ1v) is 6.83. The molecule has 3 rings (SSSR count). The van der Waals surface area contributed by atoms with Crippen molar-refractivity contribution in [2.75, 3.05) is 24.7 Å². The molecule has 0 saturated carbocycles. The van der Waals surface area contributed by atoms with Crippen molar-refractivity contribution < 1.29 is 13.2 Å². The molecule has 2 heterocycles. The van der Waals surface area contributed by atoms with E-state index in [0.717, 1.165) is 12.8 Å². The Hall–Kier alpha value is -0.350. The zero-order valence-corrected chi connectivity index (χ0v) is 8.85. The maximum Gasteiger partial charge on any atom is 0.151 e. The van der Waals surface area contributed by atoms with Crippen molar-refractivity contribution in [2.24, 2.45) is 10.8 Å². The van der Waals surface area contributed by atoms with E-state index in [9.17, 15) is 8.42 Å². The molecule has 0 aromatic heterocycles. The lowest BCUT2D eigenvalue weighted by molar-refractivity contribution is 0.157. The fourth-order valence-corrected chi connectivity index (χ4v) is 6.12. The number of allylic oxidation sites excluding steroid dienone is 2. The van der Waals surface area contributed by atoms with Crippen LogP contribution in [0.5, 0.6) is 0 Å². The van der Waals surface area contributed by atoms with E-state index in [0.29, 0.717) is 24.7 Å². The van der Waals surface area contributed by atoms with Crippen LogP contribution in [-0.2, 0) is 14.6 Å². The van der Waals surface area contributed by atoms with Crippen LogP contribution in [0.15, 0.2) is 12.2 Å². The predicted molar refractivity (Wildman–Crippen MR) is 52.7 cm³/mol. The minimum absolute atomic E-state index is 0.0828. The van der Waals surface area contributed by atoms with Crippen molar-refractivity contribution in [1.29, 1.82) is 0 Å². The van der Waals surface area contributed by atoms with Crippen LogP contribution in [0, 0.1) is 10.8 Å². The maximum absolute atomic E-state index is 11.7. The molecule has 0 spiro atoms. The van der Waals surface area contributed by atoms with E-state index in [1.54, 1.807) is 0 Å². The van der Waals surface area contributed by atoms with E-state index in [-0.39, 0.29) is 10.8 Å². The van der Waals surface area contributed by atoms with E-state index >= 15 is 0 Å². The molecule has 0 bridgehead atoms. The topological polar surface area (TPSA) is 43.4 Å². The van der Waals surface area contributed by atoms with Crippen LogP contribution < -0.4 is 0 Å². The van der Waals surface area contributed by atoms with Gasteiger partial charge in [-0.05, 0) is 12.8 Å². The number of hydrogen-bond acceptors (Lipinski definition) is 3. The zero-order valence-electron chi connectivity index (χ0n) is 8.03. The summed E-state index contributed by atoms with van der Waals surface area (Å²) in [6.45, 7) is 1.27. The average Bonchev–Trinajstić information content (AvgIpc) is 2.50. The molecule has 0 amide bonds. The van der Waals surface area contributed by atoms with Crippen LogP contribution in [0.4, 0.5) is 0 Å². The number of ether oxygens (including phenoxy) is 1. The highest BCUT2D eigenvalue weighted by atomic mass is 32.2. The van der Waals surface area contributed by atoms with E-state index in [1.807, 2.05) is 0 Å². The van der Waals surface area contributed by atoms with Gasteiger partial charge < -0.3 is 4.74 Å². The van der Waals surface area contributed by atoms with Crippen LogP contribution in [-0.4, -0.2) is 33.1 Å². The van der Waals surface area contributed by atoms with Gasteiger partial charge >= 0.3 is 0 Å². The van der Waals surface area contributed by atoms with Gasteiger partial charge in [-0.15, -0.1) is 0 Å². The Bertz CT molecular complexity index is 368. The summed E-state index contributed by atoms with van der Waals surface area (Å²) in [4.78, 5) is 0. The molecule has 0 unspecified atom stereocenters. The highest BCUT2D eigenvalue weighted by molar-refractivity contribution is 7.91. The number of sulfone groups is 1. The van der Waals surface area contributed by atoms with E-state index in [4.69, 9.17) is 4.74 Å². The molecule has 2 fully saturated rings. The molecule has 78 valence electrons. The lowest BCUT2D eigenvalue weighted by Gasteiger charge is -2.38. The van der Waals surface area contributed by atoms with Crippen molar-refractivity contribution in [3.63, 3.8) is 0 Å². The van der Waals surface area contributed by atoms with E-state index in [1.165, 1.54) is 0 Å². The van der Waals surface area contributed by atoms with Gasteiger partial charge in [-0.25, -0.2) is 8.42 Å². The van der Waals surface area contributed by atoms with Gasteiger partial charge in [0.2, 0.25) is 0 Å². The van der Waals surface area contributed by atoms with Gasteiger partial charge in [-0.3, -0.25) is 0 Å². The molecule has 14 heavy (non-hydrogen) atoms. The summed E-state index contributed by atoms with van der Waals surface area (Å²) in [6.07, 6.45) is 6.00. The summed E-state index contributed by atoms with van der Waals surface area (Å²) in [5.41, 5.74) is -0.166. The summed E-state index contributed by atoms with van der Waals surface area (Å²) < 4.78 is 29.0. The van der Waals surface area contributed by atoms with E-state index < -0.39 is 9.84 Å². The van der Waals surface area contributed by atoms with Crippen molar-refractivity contribution in [3.05, 3.63) is 12.2 Å². The summed E-state index contributed by atoms with van der Waals surface area (Å²) in [5.74, 6) is 0.675. The largest absolute Gasteiger partial charge is 0.380 e. The second-order valence-corrected chi connectivity index (χ2v) is 7.03. The van der Waals surface area contributed by atoms with Crippen LogP contribution in [0.25, 0.3) is 0 Å². The van der Waals surface area contributed by atoms with Crippen LogP contribution in [0.2, 0.25) is 0 Å². The molecular weight excluding hydrogens is 200 g/mol. The van der Waals surface area contributed by atoms with Gasteiger partial charge in [0.25, 0.3) is 0 Å².